The van der Waals surface area contributed by atoms with Crippen molar-refractivity contribution in [2.24, 2.45) is 5.41 Å². The topological polar surface area (TPSA) is 88.3 Å². The summed E-state index contributed by atoms with van der Waals surface area (Å²) in [6.45, 7) is -0.0455. The van der Waals surface area contributed by atoms with Crippen LogP contribution in [0.5, 0.6) is 0 Å². The van der Waals surface area contributed by atoms with Crippen LogP contribution in [-0.4, -0.2) is 45.7 Å². The van der Waals surface area contributed by atoms with Crippen molar-refractivity contribution in [3.8, 4) is 5.69 Å². The minimum atomic E-state index is -4.59. The summed E-state index contributed by atoms with van der Waals surface area (Å²) >= 11 is 0. The second-order valence-electron chi connectivity index (χ2n) is 10.2. The Labute approximate surface area is 233 Å². The molecule has 0 bridgehead atoms. The maximum Gasteiger partial charge on any atom is 0.416 e. The van der Waals surface area contributed by atoms with E-state index in [0.29, 0.717) is 11.3 Å². The Morgan fingerprint density at radius 2 is 1.73 bits per heavy atom. The number of hydrogen-bond acceptors (Lipinski definition) is 5. The molecule has 4 aromatic rings. The van der Waals surface area contributed by atoms with Gasteiger partial charge in [0.15, 0.2) is 0 Å². The van der Waals surface area contributed by atoms with Gasteiger partial charge in [-0.2, -0.15) is 22.6 Å². The predicted molar refractivity (Wildman–Crippen MR) is 142 cm³/mol. The Morgan fingerprint density at radius 1 is 1.00 bits per heavy atom. The highest BCUT2D eigenvalue weighted by atomic mass is 32.2. The number of aliphatic hydroxyl groups excluding tert-OH is 1. The quantitative estimate of drug-likeness (QED) is 0.327. The maximum absolute atomic E-state index is 13.7. The van der Waals surface area contributed by atoms with Crippen LogP contribution >= 0.6 is 0 Å². The van der Waals surface area contributed by atoms with Crippen LogP contribution in [0.4, 0.5) is 17.6 Å². The molecule has 212 valence electrons. The van der Waals surface area contributed by atoms with Gasteiger partial charge in [0.05, 0.1) is 34.1 Å². The highest BCUT2D eigenvalue weighted by molar-refractivity contribution is 7.89. The Kier molecular flexibility index (Phi) is 6.59. The van der Waals surface area contributed by atoms with Gasteiger partial charge in [-0.3, -0.25) is 4.98 Å². The molecule has 1 N–H and O–H groups in total. The predicted octanol–water partition coefficient (Wildman–Crippen LogP) is 5.18. The Bertz CT molecular complexity index is 1720. The van der Waals surface area contributed by atoms with E-state index in [9.17, 15) is 31.1 Å². The van der Waals surface area contributed by atoms with Crippen LogP contribution in [0.1, 0.15) is 34.9 Å². The van der Waals surface area contributed by atoms with Gasteiger partial charge in [0.25, 0.3) is 0 Å². The Balaban J connectivity index is 1.41. The van der Waals surface area contributed by atoms with Crippen molar-refractivity contribution in [2.45, 2.75) is 30.0 Å². The lowest BCUT2D eigenvalue weighted by atomic mass is 9.64. The standard InChI is InChI=1S/C29H24F4N4O3S/c30-23-5-7-24(8-6-23)37-26-14-22-11-13-36(41(39,40)25-9-3-21(4-10-25)29(31,32)33)18-28(22,15-20(26)17-35-37)27(38)19-2-1-12-34-16-19/h1-10,12,14,16-17,27,38H,11,13,15,18H2/t27-,28?/m1/s1. The zero-order chi connectivity index (χ0) is 29.0. The molecule has 1 unspecified atom stereocenters. The fourth-order valence-corrected chi connectivity index (χ4v) is 7.25. The third kappa shape index (κ3) is 4.75. The second kappa shape index (κ2) is 9.89. The lowest BCUT2D eigenvalue weighted by Crippen LogP contribution is -2.52. The summed E-state index contributed by atoms with van der Waals surface area (Å²) in [5.74, 6) is -0.381. The Morgan fingerprint density at radius 3 is 2.39 bits per heavy atom. The minimum Gasteiger partial charge on any atom is -0.387 e. The first kappa shape index (κ1) is 27.3. The van der Waals surface area contributed by atoms with Gasteiger partial charge in [-0.05, 0) is 84.6 Å². The number of hydrogen-bond donors (Lipinski definition) is 1. The number of rotatable bonds is 5. The molecule has 1 aliphatic carbocycles. The molecule has 0 spiro atoms. The number of piperidine rings is 1. The van der Waals surface area contributed by atoms with E-state index in [-0.39, 0.29) is 36.6 Å². The minimum absolute atomic E-state index is 0.0662. The zero-order valence-corrected chi connectivity index (χ0v) is 22.3. The number of pyridine rings is 1. The van der Waals surface area contributed by atoms with Crippen LogP contribution in [0.25, 0.3) is 11.8 Å². The number of sulfonamides is 1. The smallest absolute Gasteiger partial charge is 0.387 e. The molecular formula is C29H24F4N4O3S. The van der Waals surface area contributed by atoms with E-state index in [4.69, 9.17) is 0 Å². The monoisotopic (exact) mass is 584 g/mol. The second-order valence-corrected chi connectivity index (χ2v) is 12.2. The highest BCUT2D eigenvalue weighted by Gasteiger charge is 2.50. The first-order chi connectivity index (χ1) is 19.5. The van der Waals surface area contributed by atoms with Crippen molar-refractivity contribution < 1.29 is 31.1 Å². The molecule has 0 amide bonds. The molecule has 2 atom stereocenters. The number of aromatic nitrogens is 3. The van der Waals surface area contributed by atoms with Gasteiger partial charge in [0.2, 0.25) is 10.0 Å². The lowest BCUT2D eigenvalue weighted by Gasteiger charge is -2.48. The molecule has 7 nitrogen and oxygen atoms in total. The average Bonchev–Trinajstić information content (AvgIpc) is 3.37. The summed E-state index contributed by atoms with van der Waals surface area (Å²) in [7, 11) is -4.19. The van der Waals surface area contributed by atoms with E-state index >= 15 is 0 Å². The van der Waals surface area contributed by atoms with Crippen molar-refractivity contribution in [2.75, 3.05) is 13.1 Å². The number of halogens is 4. The van der Waals surface area contributed by atoms with Crippen LogP contribution in [-0.2, 0) is 22.6 Å². The van der Waals surface area contributed by atoms with Crippen LogP contribution in [0.15, 0.2) is 89.7 Å². The van der Waals surface area contributed by atoms with Gasteiger partial charge in [-0.25, -0.2) is 17.5 Å². The largest absolute Gasteiger partial charge is 0.416 e. The third-order valence-electron chi connectivity index (χ3n) is 7.85. The zero-order valence-electron chi connectivity index (χ0n) is 21.5. The van der Waals surface area contributed by atoms with Crippen LogP contribution in [0.3, 0.4) is 0 Å². The van der Waals surface area contributed by atoms with Gasteiger partial charge in [-0.15, -0.1) is 0 Å². The van der Waals surface area contributed by atoms with Crippen molar-refractivity contribution in [1.29, 1.82) is 0 Å². The number of benzene rings is 2. The molecule has 0 saturated carbocycles. The molecule has 0 radical (unpaired) electrons. The maximum atomic E-state index is 13.7. The molecule has 2 aliphatic rings. The first-order valence-corrected chi connectivity index (χ1v) is 14.2. The van der Waals surface area contributed by atoms with Gasteiger partial charge in [0, 0.05) is 30.9 Å². The molecule has 2 aromatic carbocycles. The number of fused-ring (bicyclic) bond motifs is 2. The van der Waals surface area contributed by atoms with Gasteiger partial charge < -0.3 is 5.11 Å². The summed E-state index contributed by atoms with van der Waals surface area (Å²) < 4.78 is 83.0. The van der Waals surface area contributed by atoms with E-state index < -0.39 is 33.3 Å². The summed E-state index contributed by atoms with van der Waals surface area (Å²) in [5, 5.41) is 16.3. The van der Waals surface area contributed by atoms with Gasteiger partial charge >= 0.3 is 6.18 Å². The molecular weight excluding hydrogens is 560 g/mol. The normalized spacial score (nSPS) is 20.2. The van der Waals surface area contributed by atoms with Crippen molar-refractivity contribution >= 4 is 16.1 Å². The summed E-state index contributed by atoms with van der Waals surface area (Å²) in [6.07, 6.45) is 1.41. The molecule has 2 aromatic heterocycles. The van der Waals surface area contributed by atoms with E-state index in [0.717, 1.165) is 41.1 Å². The molecule has 6 rings (SSSR count). The van der Waals surface area contributed by atoms with E-state index in [1.807, 2.05) is 6.08 Å². The van der Waals surface area contributed by atoms with Crippen LogP contribution < -0.4 is 0 Å². The van der Waals surface area contributed by atoms with Crippen LogP contribution in [0, 0.1) is 11.2 Å². The number of aliphatic hydroxyl groups is 1. The first-order valence-electron chi connectivity index (χ1n) is 12.8. The van der Waals surface area contributed by atoms with Crippen molar-refractivity contribution in [1.82, 2.24) is 19.1 Å². The molecule has 1 fully saturated rings. The molecule has 1 aliphatic heterocycles. The van der Waals surface area contributed by atoms with Crippen LogP contribution in [0.2, 0.25) is 0 Å². The van der Waals surface area contributed by atoms with E-state index in [1.54, 1.807) is 41.3 Å². The molecule has 12 heteroatoms. The number of alkyl halides is 3. The highest BCUT2D eigenvalue weighted by Crippen LogP contribution is 2.52. The number of nitrogens with zero attached hydrogens (tertiary/aromatic N) is 4. The average molecular weight is 585 g/mol. The van der Waals surface area contributed by atoms with Crippen molar-refractivity contribution in [3.05, 3.63) is 113 Å². The SMILES string of the molecule is O=S(=O)(c1ccc(C(F)(F)F)cc1)N1CCC2=Cc3c(cnn3-c3ccc(F)cc3)CC2([C@H](O)c2cccnc2)C1. The fourth-order valence-electron chi connectivity index (χ4n) is 5.74. The third-order valence-corrected chi connectivity index (χ3v) is 9.71. The molecule has 41 heavy (non-hydrogen) atoms. The van der Waals surface area contributed by atoms with E-state index in [2.05, 4.69) is 10.1 Å². The van der Waals surface area contributed by atoms with E-state index in [1.165, 1.54) is 22.6 Å². The summed E-state index contributed by atoms with van der Waals surface area (Å²) in [4.78, 5) is 3.86. The van der Waals surface area contributed by atoms with Gasteiger partial charge in [-0.1, -0.05) is 11.6 Å². The Hall–Kier alpha value is -3.87. The molecule has 3 heterocycles. The van der Waals surface area contributed by atoms with Crippen molar-refractivity contribution in [3.63, 3.8) is 0 Å². The molecule has 1 saturated heterocycles. The van der Waals surface area contributed by atoms with Gasteiger partial charge in [0.1, 0.15) is 5.82 Å². The lowest BCUT2D eigenvalue weighted by molar-refractivity contribution is -0.137. The summed E-state index contributed by atoms with van der Waals surface area (Å²) in [5.41, 5.74) is 1.43. The summed E-state index contributed by atoms with van der Waals surface area (Å²) in [6, 6.07) is 12.7. The fraction of sp³-hybridized carbons (Fsp3) is 0.241.